The van der Waals surface area contributed by atoms with E-state index in [4.69, 9.17) is 9.52 Å². The minimum atomic E-state index is -0.823. The van der Waals surface area contributed by atoms with Crippen LogP contribution in [0.1, 0.15) is 25.0 Å². The Morgan fingerprint density at radius 2 is 2.14 bits per heavy atom. The number of carbonyl (C=O) groups is 2. The van der Waals surface area contributed by atoms with Gasteiger partial charge >= 0.3 is 5.97 Å². The maximum atomic E-state index is 12.0. The van der Waals surface area contributed by atoms with E-state index in [0.29, 0.717) is 32.2 Å². The molecule has 116 valence electrons. The maximum Gasteiger partial charge on any atom is 0.306 e. The van der Waals surface area contributed by atoms with E-state index in [9.17, 15) is 14.7 Å². The van der Waals surface area contributed by atoms with Gasteiger partial charge in [-0.3, -0.25) is 9.59 Å². The first-order valence-electron chi connectivity index (χ1n) is 7.24. The van der Waals surface area contributed by atoms with Crippen LogP contribution in [0.5, 0.6) is 0 Å². The molecule has 1 amide bonds. The Labute approximate surface area is 123 Å². The number of aliphatic hydroxyl groups excluding tert-OH is 1. The smallest absolute Gasteiger partial charge is 0.306 e. The fourth-order valence-corrected chi connectivity index (χ4v) is 2.75. The second-order valence-corrected chi connectivity index (χ2v) is 5.62. The van der Waals surface area contributed by atoms with E-state index >= 15 is 0 Å². The van der Waals surface area contributed by atoms with E-state index < -0.39 is 11.9 Å². The molecule has 1 heterocycles. The van der Waals surface area contributed by atoms with Crippen molar-refractivity contribution in [2.24, 2.45) is 17.8 Å². The summed E-state index contributed by atoms with van der Waals surface area (Å²) in [6, 6.07) is 3.62. The van der Waals surface area contributed by atoms with Gasteiger partial charge in [0.15, 0.2) is 0 Å². The summed E-state index contributed by atoms with van der Waals surface area (Å²) in [5.74, 6) is -0.897. The van der Waals surface area contributed by atoms with Crippen LogP contribution in [-0.2, 0) is 16.0 Å². The number of hydrogen-bond acceptors (Lipinski definition) is 4. The highest BCUT2D eigenvalue weighted by atomic mass is 16.4. The normalized spacial score (nSPS) is 22.9. The van der Waals surface area contributed by atoms with Gasteiger partial charge in [0, 0.05) is 31.4 Å². The van der Waals surface area contributed by atoms with Crippen LogP contribution < -0.4 is 5.32 Å². The van der Waals surface area contributed by atoms with Crippen molar-refractivity contribution in [3.63, 3.8) is 0 Å². The number of nitrogens with one attached hydrogen (secondary N) is 1. The predicted octanol–water partition coefficient (Wildman–Crippen LogP) is 1.05. The van der Waals surface area contributed by atoms with Crippen molar-refractivity contribution in [1.29, 1.82) is 0 Å². The number of hydrogen-bond donors (Lipinski definition) is 3. The third kappa shape index (κ3) is 4.32. The number of furan rings is 1. The fraction of sp³-hybridized carbons (Fsp3) is 0.600. The quantitative estimate of drug-likeness (QED) is 0.698. The highest BCUT2D eigenvalue weighted by molar-refractivity contribution is 5.80. The number of amides is 1. The fourth-order valence-electron chi connectivity index (χ4n) is 2.75. The number of aliphatic hydroxyl groups is 1. The molecule has 6 nitrogen and oxygen atoms in total. The van der Waals surface area contributed by atoms with Crippen molar-refractivity contribution in [1.82, 2.24) is 5.32 Å². The van der Waals surface area contributed by atoms with Crippen LogP contribution in [0, 0.1) is 17.8 Å². The maximum absolute atomic E-state index is 12.0. The lowest BCUT2D eigenvalue weighted by Gasteiger charge is -2.16. The molecule has 0 radical (unpaired) electrons. The van der Waals surface area contributed by atoms with E-state index in [1.54, 1.807) is 12.3 Å². The van der Waals surface area contributed by atoms with E-state index in [1.807, 2.05) is 6.07 Å². The molecule has 1 fully saturated rings. The summed E-state index contributed by atoms with van der Waals surface area (Å²) >= 11 is 0. The van der Waals surface area contributed by atoms with Crippen LogP contribution in [0.3, 0.4) is 0 Å². The zero-order valence-electron chi connectivity index (χ0n) is 11.8. The summed E-state index contributed by atoms with van der Waals surface area (Å²) in [4.78, 5) is 22.9. The number of carboxylic acids is 1. The molecule has 1 saturated carbocycles. The minimum absolute atomic E-state index is 0.0383. The van der Waals surface area contributed by atoms with E-state index in [1.165, 1.54) is 0 Å². The molecule has 0 aliphatic heterocycles. The summed E-state index contributed by atoms with van der Waals surface area (Å²) in [6.45, 7) is 0.327. The van der Waals surface area contributed by atoms with Gasteiger partial charge in [-0.25, -0.2) is 0 Å². The first kappa shape index (κ1) is 15.6. The Hall–Kier alpha value is -1.82. The van der Waals surface area contributed by atoms with Gasteiger partial charge in [0.05, 0.1) is 12.2 Å². The Kier molecular flexibility index (Phi) is 5.38. The van der Waals surface area contributed by atoms with Gasteiger partial charge in [0.1, 0.15) is 5.76 Å². The van der Waals surface area contributed by atoms with Gasteiger partial charge in [-0.1, -0.05) is 0 Å². The first-order valence-corrected chi connectivity index (χ1v) is 7.24. The topological polar surface area (TPSA) is 99.8 Å². The molecule has 1 aliphatic rings. The lowest BCUT2D eigenvalue weighted by atomic mass is 10.0. The van der Waals surface area contributed by atoms with Crippen molar-refractivity contribution in [3.05, 3.63) is 24.2 Å². The largest absolute Gasteiger partial charge is 0.481 e. The molecule has 6 heteroatoms. The molecule has 1 aliphatic carbocycles. The molecule has 3 N–H and O–H groups in total. The lowest BCUT2D eigenvalue weighted by molar-refractivity contribution is -0.141. The van der Waals surface area contributed by atoms with Gasteiger partial charge in [-0.05, 0) is 31.4 Å². The number of carboxylic acid groups (broad SMARTS) is 1. The van der Waals surface area contributed by atoms with Crippen LogP contribution >= 0.6 is 0 Å². The number of aliphatic carboxylic acids is 1. The van der Waals surface area contributed by atoms with Crippen molar-refractivity contribution >= 4 is 11.9 Å². The number of carbonyl (C=O) groups excluding carboxylic acids is 1. The zero-order chi connectivity index (χ0) is 15.2. The first-order chi connectivity index (χ1) is 10.1. The zero-order valence-corrected chi connectivity index (χ0v) is 11.8. The van der Waals surface area contributed by atoms with Crippen molar-refractivity contribution < 1.29 is 24.2 Å². The molecule has 0 saturated heterocycles. The predicted molar refractivity (Wildman–Crippen MR) is 74.5 cm³/mol. The highest BCUT2D eigenvalue weighted by Gasteiger charge is 2.33. The van der Waals surface area contributed by atoms with Crippen molar-refractivity contribution in [2.45, 2.75) is 25.7 Å². The highest BCUT2D eigenvalue weighted by Crippen LogP contribution is 2.31. The van der Waals surface area contributed by atoms with Gasteiger partial charge in [0.25, 0.3) is 0 Å². The van der Waals surface area contributed by atoms with Gasteiger partial charge < -0.3 is 19.9 Å². The van der Waals surface area contributed by atoms with Gasteiger partial charge in [0.2, 0.25) is 5.91 Å². The van der Waals surface area contributed by atoms with E-state index in [-0.39, 0.29) is 24.3 Å². The van der Waals surface area contributed by atoms with Gasteiger partial charge in [-0.15, -0.1) is 0 Å². The Balaban J connectivity index is 1.76. The monoisotopic (exact) mass is 295 g/mol. The molecule has 0 aromatic carbocycles. The summed E-state index contributed by atoms with van der Waals surface area (Å²) in [7, 11) is 0. The van der Waals surface area contributed by atoms with Crippen LogP contribution in [0.4, 0.5) is 0 Å². The summed E-state index contributed by atoms with van der Waals surface area (Å²) in [5.41, 5.74) is 0. The lowest BCUT2D eigenvalue weighted by Crippen LogP contribution is -2.35. The molecule has 0 bridgehead atoms. The molecule has 3 atom stereocenters. The third-order valence-corrected chi connectivity index (χ3v) is 4.05. The average Bonchev–Trinajstić information content (AvgIpc) is 3.13. The van der Waals surface area contributed by atoms with Crippen LogP contribution in [0.15, 0.2) is 22.8 Å². The summed E-state index contributed by atoms with van der Waals surface area (Å²) in [5, 5.41) is 21.1. The van der Waals surface area contributed by atoms with Crippen LogP contribution in [0.25, 0.3) is 0 Å². The Morgan fingerprint density at radius 3 is 2.71 bits per heavy atom. The van der Waals surface area contributed by atoms with E-state index in [0.717, 1.165) is 5.76 Å². The van der Waals surface area contributed by atoms with E-state index in [2.05, 4.69) is 5.32 Å². The Bertz CT molecular complexity index is 470. The molecule has 1 aromatic rings. The average molecular weight is 295 g/mol. The Morgan fingerprint density at radius 1 is 1.38 bits per heavy atom. The molecule has 1 aromatic heterocycles. The van der Waals surface area contributed by atoms with Crippen molar-refractivity contribution in [3.8, 4) is 0 Å². The standard InChI is InChI=1S/C15H21NO5/c17-9-10(6-13-2-1-5-21-13)8-16-14(18)11-3-4-12(7-11)15(19)20/h1-2,5,10-12,17H,3-4,6-9H2,(H,16,18)(H,19,20)/t10?,11-,12+/m0/s1. The SMILES string of the molecule is O=C(O)[C@@H]1CC[C@H](C(=O)NCC(CO)Cc2ccco2)C1. The van der Waals surface area contributed by atoms with Crippen molar-refractivity contribution in [2.75, 3.05) is 13.2 Å². The minimum Gasteiger partial charge on any atom is -0.481 e. The number of rotatable bonds is 7. The third-order valence-electron chi connectivity index (χ3n) is 4.05. The summed E-state index contributed by atoms with van der Waals surface area (Å²) in [6.07, 6.45) is 3.72. The summed E-state index contributed by atoms with van der Waals surface area (Å²) < 4.78 is 5.22. The molecular weight excluding hydrogens is 274 g/mol. The van der Waals surface area contributed by atoms with Crippen LogP contribution in [-0.4, -0.2) is 35.2 Å². The molecule has 2 rings (SSSR count). The molecule has 1 unspecified atom stereocenters. The van der Waals surface area contributed by atoms with Crippen LogP contribution in [0.2, 0.25) is 0 Å². The molecule has 0 spiro atoms. The van der Waals surface area contributed by atoms with Gasteiger partial charge in [-0.2, -0.15) is 0 Å². The molecule has 21 heavy (non-hydrogen) atoms. The molecular formula is C15H21NO5. The second kappa shape index (κ2) is 7.26. The second-order valence-electron chi connectivity index (χ2n) is 5.62.